The number of carbonyl (C=O) groups is 1. The summed E-state index contributed by atoms with van der Waals surface area (Å²) in [6.07, 6.45) is 7.42. The number of amides is 1. The number of hydrogen-bond donors (Lipinski definition) is 1. The molecule has 2 fully saturated rings. The molecule has 1 aliphatic carbocycles. The third-order valence-electron chi connectivity index (χ3n) is 4.97. The Kier molecular flexibility index (Phi) is 4.62. The number of ether oxygens (including phenoxy) is 1. The topological polar surface area (TPSA) is 56.1 Å². The highest BCUT2D eigenvalue weighted by molar-refractivity contribution is 5.93. The van der Waals surface area contributed by atoms with Gasteiger partial charge in [0.25, 0.3) is 0 Å². The van der Waals surface area contributed by atoms with Crippen LogP contribution in [0.2, 0.25) is 0 Å². The predicted molar refractivity (Wildman–Crippen MR) is 84.2 cm³/mol. The van der Waals surface area contributed by atoms with Gasteiger partial charge in [-0.1, -0.05) is 5.57 Å². The van der Waals surface area contributed by atoms with Crippen LogP contribution in [0.25, 0.3) is 0 Å². The van der Waals surface area contributed by atoms with Crippen LogP contribution in [-0.4, -0.2) is 28.8 Å². The molecule has 1 aliphatic heterocycles. The first-order valence-electron chi connectivity index (χ1n) is 8.23. The van der Waals surface area contributed by atoms with E-state index in [0.29, 0.717) is 12.5 Å². The number of aromatic nitrogens is 2. The summed E-state index contributed by atoms with van der Waals surface area (Å²) in [7, 11) is 1.93. The monoisotopic (exact) mass is 303 g/mol. The van der Waals surface area contributed by atoms with E-state index in [2.05, 4.69) is 10.4 Å². The number of hydrogen-bond acceptors (Lipinski definition) is 3. The molecule has 1 aromatic heterocycles. The Labute approximate surface area is 131 Å². The summed E-state index contributed by atoms with van der Waals surface area (Å²) in [4.78, 5) is 12.3. The number of aryl methyl sites for hydroxylation is 1. The van der Waals surface area contributed by atoms with E-state index in [1.807, 2.05) is 24.7 Å². The molecule has 0 bridgehead atoms. The van der Waals surface area contributed by atoms with Gasteiger partial charge in [0.2, 0.25) is 5.91 Å². The second-order valence-corrected chi connectivity index (χ2v) is 6.37. The summed E-state index contributed by atoms with van der Waals surface area (Å²) in [5.41, 5.74) is 3.35. The summed E-state index contributed by atoms with van der Waals surface area (Å²) in [5.74, 6) is 0.410. The molecule has 1 N–H and O–H groups in total. The summed E-state index contributed by atoms with van der Waals surface area (Å²) in [5, 5.41) is 7.32. The minimum absolute atomic E-state index is 0.0345. The van der Waals surface area contributed by atoms with Gasteiger partial charge in [0.1, 0.15) is 6.10 Å². The first kappa shape index (κ1) is 15.3. The lowest BCUT2D eigenvalue weighted by molar-refractivity contribution is -0.117. The zero-order chi connectivity index (χ0) is 15.5. The first-order chi connectivity index (χ1) is 10.7. The molecule has 5 heteroatoms. The maximum absolute atomic E-state index is 12.3. The Hall–Kier alpha value is -1.62. The molecular weight excluding hydrogens is 278 g/mol. The average molecular weight is 303 g/mol. The van der Waals surface area contributed by atoms with Crippen LogP contribution in [0, 0.1) is 5.92 Å². The molecule has 0 aromatic carbocycles. The molecule has 2 heterocycles. The molecule has 1 amide bonds. The highest BCUT2D eigenvalue weighted by Gasteiger charge is 2.32. The molecular formula is C17H25N3O2. The quantitative estimate of drug-likeness (QED) is 0.870. The number of rotatable bonds is 4. The minimum atomic E-state index is 0.0345. The van der Waals surface area contributed by atoms with Crippen molar-refractivity contribution in [3.63, 3.8) is 0 Å². The van der Waals surface area contributed by atoms with Crippen LogP contribution >= 0.6 is 0 Å². The zero-order valence-corrected chi connectivity index (χ0v) is 13.5. The van der Waals surface area contributed by atoms with Crippen LogP contribution in [0.4, 0.5) is 0 Å². The summed E-state index contributed by atoms with van der Waals surface area (Å²) < 4.78 is 7.72. The lowest BCUT2D eigenvalue weighted by atomic mass is 9.98. The zero-order valence-electron chi connectivity index (χ0n) is 13.5. The molecule has 0 radical (unpaired) electrons. The molecule has 2 atom stereocenters. The van der Waals surface area contributed by atoms with E-state index in [0.717, 1.165) is 37.1 Å². The largest absolute Gasteiger partial charge is 0.372 e. The van der Waals surface area contributed by atoms with Crippen LogP contribution < -0.4 is 5.32 Å². The number of nitrogens with one attached hydrogen (secondary N) is 1. The maximum Gasteiger partial charge on any atom is 0.246 e. The third-order valence-corrected chi connectivity index (χ3v) is 4.97. The Morgan fingerprint density at radius 3 is 2.91 bits per heavy atom. The van der Waals surface area contributed by atoms with Gasteiger partial charge in [-0.2, -0.15) is 5.10 Å². The van der Waals surface area contributed by atoms with Gasteiger partial charge < -0.3 is 10.1 Å². The van der Waals surface area contributed by atoms with Crippen molar-refractivity contribution in [2.24, 2.45) is 13.0 Å². The number of nitrogens with zero attached hydrogens (tertiary/aromatic N) is 2. The Bertz CT molecular complexity index is 568. The lowest BCUT2D eigenvalue weighted by Crippen LogP contribution is -2.31. The van der Waals surface area contributed by atoms with Crippen molar-refractivity contribution in [1.29, 1.82) is 0 Å². The molecule has 1 saturated heterocycles. The molecule has 5 nitrogen and oxygen atoms in total. The fraction of sp³-hybridized carbons (Fsp3) is 0.647. The summed E-state index contributed by atoms with van der Waals surface area (Å²) in [6.45, 7) is 3.37. The predicted octanol–water partition coefficient (Wildman–Crippen LogP) is 2.50. The molecule has 120 valence electrons. The average Bonchev–Trinajstić information content (AvgIpc) is 3.24. The van der Waals surface area contributed by atoms with Gasteiger partial charge in [-0.3, -0.25) is 9.48 Å². The lowest BCUT2D eigenvalue weighted by Gasteiger charge is -2.19. The number of allylic oxidation sites excluding steroid dienone is 1. The molecule has 22 heavy (non-hydrogen) atoms. The van der Waals surface area contributed by atoms with Gasteiger partial charge in [0, 0.05) is 37.9 Å². The van der Waals surface area contributed by atoms with Gasteiger partial charge in [-0.25, -0.2) is 0 Å². The molecule has 0 unspecified atom stereocenters. The van der Waals surface area contributed by atoms with Gasteiger partial charge in [-0.15, -0.1) is 0 Å². The summed E-state index contributed by atoms with van der Waals surface area (Å²) in [6, 6.07) is 2.00. The molecule has 1 aromatic rings. The highest BCUT2D eigenvalue weighted by atomic mass is 16.5. The highest BCUT2D eigenvalue weighted by Crippen LogP contribution is 2.33. The van der Waals surface area contributed by atoms with E-state index in [9.17, 15) is 4.79 Å². The Balaban J connectivity index is 1.60. The van der Waals surface area contributed by atoms with Crippen LogP contribution in [0.1, 0.15) is 50.8 Å². The maximum atomic E-state index is 12.3. The Morgan fingerprint density at radius 1 is 1.45 bits per heavy atom. The van der Waals surface area contributed by atoms with Gasteiger partial charge in [-0.05, 0) is 45.1 Å². The standard InChI is InChI=1S/C17H25N3O2/c1-12(13-5-3-4-6-13)17(21)18-11-14-8-10-22-16(14)15-7-9-19-20(15)2/h7,9,14,16H,3-6,8,10-11H2,1-2H3,(H,18,21)/t14-,16+/m0/s1. The van der Waals surface area contributed by atoms with Crippen LogP contribution in [0.5, 0.6) is 0 Å². The second-order valence-electron chi connectivity index (χ2n) is 6.37. The fourth-order valence-electron chi connectivity index (χ4n) is 3.53. The van der Waals surface area contributed by atoms with Crippen LogP contribution in [0.3, 0.4) is 0 Å². The third kappa shape index (κ3) is 3.09. The first-order valence-corrected chi connectivity index (χ1v) is 8.23. The van der Waals surface area contributed by atoms with Crippen molar-refractivity contribution in [3.8, 4) is 0 Å². The van der Waals surface area contributed by atoms with E-state index in [-0.39, 0.29) is 12.0 Å². The second kappa shape index (κ2) is 6.65. The van der Waals surface area contributed by atoms with Gasteiger partial charge in [0.15, 0.2) is 0 Å². The van der Waals surface area contributed by atoms with Crippen molar-refractivity contribution in [3.05, 3.63) is 29.1 Å². The molecule has 3 rings (SSSR count). The smallest absolute Gasteiger partial charge is 0.246 e. The SMILES string of the molecule is CC(C(=O)NC[C@@H]1CCO[C@H]1c1ccnn1C)=C1CCCC1. The van der Waals surface area contributed by atoms with Crippen molar-refractivity contribution in [1.82, 2.24) is 15.1 Å². The fourth-order valence-corrected chi connectivity index (χ4v) is 3.53. The van der Waals surface area contributed by atoms with Crippen molar-refractivity contribution in [2.75, 3.05) is 13.2 Å². The van der Waals surface area contributed by atoms with E-state index in [1.165, 1.54) is 18.4 Å². The minimum Gasteiger partial charge on any atom is -0.372 e. The Morgan fingerprint density at radius 2 is 2.23 bits per heavy atom. The van der Waals surface area contributed by atoms with Crippen LogP contribution in [0.15, 0.2) is 23.4 Å². The van der Waals surface area contributed by atoms with Gasteiger partial charge >= 0.3 is 0 Å². The molecule has 2 aliphatic rings. The van der Waals surface area contributed by atoms with Crippen LogP contribution in [-0.2, 0) is 16.6 Å². The van der Waals surface area contributed by atoms with Crippen molar-refractivity contribution < 1.29 is 9.53 Å². The molecule has 0 spiro atoms. The summed E-state index contributed by atoms with van der Waals surface area (Å²) >= 11 is 0. The van der Waals surface area contributed by atoms with Gasteiger partial charge in [0.05, 0.1) is 5.69 Å². The van der Waals surface area contributed by atoms with E-state index < -0.39 is 0 Å². The van der Waals surface area contributed by atoms with E-state index >= 15 is 0 Å². The molecule has 1 saturated carbocycles. The number of carbonyl (C=O) groups excluding carboxylic acids is 1. The van der Waals surface area contributed by atoms with Crippen molar-refractivity contribution in [2.45, 2.75) is 45.1 Å². The van der Waals surface area contributed by atoms with E-state index in [1.54, 1.807) is 6.20 Å². The van der Waals surface area contributed by atoms with E-state index in [4.69, 9.17) is 4.74 Å². The van der Waals surface area contributed by atoms with Crippen molar-refractivity contribution >= 4 is 5.91 Å². The normalized spacial score (nSPS) is 24.7.